The van der Waals surface area contributed by atoms with E-state index in [0.29, 0.717) is 13.2 Å². The molecular formula is C32H46N2O2S2. The molecule has 2 amide bonds. The van der Waals surface area contributed by atoms with Gasteiger partial charge in [-0.1, -0.05) is 52.4 Å². The van der Waals surface area contributed by atoms with Crippen LogP contribution in [-0.2, 0) is 6.42 Å². The number of hydrogen-bond donors (Lipinski definition) is 2. The maximum atomic E-state index is 11.8. The van der Waals surface area contributed by atoms with Gasteiger partial charge in [0, 0.05) is 32.6 Å². The Bertz CT molecular complexity index is 1040. The molecule has 0 aliphatic carbocycles. The van der Waals surface area contributed by atoms with E-state index >= 15 is 0 Å². The van der Waals surface area contributed by atoms with Crippen LogP contribution in [0.5, 0.6) is 5.75 Å². The van der Waals surface area contributed by atoms with Crippen LogP contribution >= 0.6 is 22.7 Å². The van der Waals surface area contributed by atoms with Gasteiger partial charge in [-0.25, -0.2) is 4.79 Å². The molecule has 2 aromatic heterocycles. The zero-order valence-corrected chi connectivity index (χ0v) is 25.0. The molecule has 0 bridgehead atoms. The Morgan fingerprint density at radius 1 is 0.658 bits per heavy atom. The molecule has 1 aromatic carbocycles. The van der Waals surface area contributed by atoms with E-state index in [4.69, 9.17) is 4.74 Å². The molecular weight excluding hydrogens is 508 g/mol. The number of urea groups is 1. The smallest absolute Gasteiger partial charge is 0.314 e. The fourth-order valence-corrected chi connectivity index (χ4v) is 6.47. The Balaban J connectivity index is 1.30. The summed E-state index contributed by atoms with van der Waals surface area (Å²) in [6.07, 6.45) is 14.2. The number of carbonyl (C=O) groups excluding carboxylic acids is 1. The number of benzene rings is 1. The fourth-order valence-electron chi connectivity index (χ4n) is 4.32. The van der Waals surface area contributed by atoms with Gasteiger partial charge in [0.15, 0.2) is 0 Å². The Labute approximate surface area is 238 Å². The second-order valence-electron chi connectivity index (χ2n) is 9.92. The monoisotopic (exact) mass is 554 g/mol. The van der Waals surface area contributed by atoms with Crippen molar-refractivity contribution >= 4 is 28.7 Å². The standard InChI is InChI=1S/C32H46N2O2S2/c1-3-5-7-10-14-28-19-20-30(37-28)31-22-21-29(38-31)26-15-17-27(18-16-26)36-25-13-9-12-24-34-32(35)33-23-11-8-6-4-2/h15-22H,3-14,23-25H2,1-2H3,(H2,33,34,35). The van der Waals surface area contributed by atoms with Crippen LogP contribution in [0.25, 0.3) is 20.2 Å². The number of unbranched alkanes of at least 4 members (excludes halogenated alkanes) is 8. The zero-order chi connectivity index (χ0) is 26.8. The van der Waals surface area contributed by atoms with E-state index < -0.39 is 0 Å². The van der Waals surface area contributed by atoms with E-state index in [0.717, 1.165) is 38.0 Å². The van der Waals surface area contributed by atoms with E-state index in [1.807, 2.05) is 22.7 Å². The Hall–Kier alpha value is -2.31. The van der Waals surface area contributed by atoms with E-state index in [9.17, 15) is 4.79 Å². The van der Waals surface area contributed by atoms with Crippen molar-refractivity contribution < 1.29 is 9.53 Å². The molecule has 0 radical (unpaired) electrons. The van der Waals surface area contributed by atoms with Crippen molar-refractivity contribution in [2.24, 2.45) is 0 Å². The highest BCUT2D eigenvalue weighted by Gasteiger charge is 2.08. The van der Waals surface area contributed by atoms with Crippen LogP contribution in [0.4, 0.5) is 4.79 Å². The minimum absolute atomic E-state index is 0.0476. The first-order valence-electron chi connectivity index (χ1n) is 14.6. The maximum absolute atomic E-state index is 11.8. The number of amides is 2. The molecule has 0 aliphatic heterocycles. The second-order valence-corrected chi connectivity index (χ2v) is 12.2. The topological polar surface area (TPSA) is 50.4 Å². The predicted octanol–water partition coefficient (Wildman–Crippen LogP) is 9.69. The predicted molar refractivity (Wildman–Crippen MR) is 166 cm³/mol. The minimum atomic E-state index is -0.0476. The third-order valence-electron chi connectivity index (χ3n) is 6.62. The van der Waals surface area contributed by atoms with Gasteiger partial charge in [-0.15, -0.1) is 22.7 Å². The van der Waals surface area contributed by atoms with E-state index in [-0.39, 0.29) is 6.03 Å². The summed E-state index contributed by atoms with van der Waals surface area (Å²) in [5.74, 6) is 0.914. The van der Waals surface area contributed by atoms with Gasteiger partial charge in [-0.2, -0.15) is 0 Å². The van der Waals surface area contributed by atoms with Gasteiger partial charge in [0.2, 0.25) is 0 Å². The molecule has 2 N–H and O–H groups in total. The summed E-state index contributed by atoms with van der Waals surface area (Å²) < 4.78 is 5.94. The van der Waals surface area contributed by atoms with Crippen molar-refractivity contribution in [2.75, 3.05) is 19.7 Å². The quantitative estimate of drug-likeness (QED) is 0.145. The van der Waals surface area contributed by atoms with Gasteiger partial charge in [0.05, 0.1) is 6.61 Å². The van der Waals surface area contributed by atoms with Crippen molar-refractivity contribution in [1.29, 1.82) is 0 Å². The molecule has 3 aromatic rings. The largest absolute Gasteiger partial charge is 0.494 e. The van der Waals surface area contributed by atoms with Crippen LogP contribution in [0.3, 0.4) is 0 Å². The third-order valence-corrected chi connectivity index (χ3v) is 9.09. The normalized spacial score (nSPS) is 11.0. The molecule has 0 saturated heterocycles. The molecule has 208 valence electrons. The molecule has 0 unspecified atom stereocenters. The fraction of sp³-hybridized carbons (Fsp3) is 0.531. The van der Waals surface area contributed by atoms with E-state index in [2.05, 4.69) is 73.0 Å². The van der Waals surface area contributed by atoms with Gasteiger partial charge in [0.25, 0.3) is 0 Å². The molecule has 0 aliphatic rings. The first kappa shape index (κ1) is 30.2. The van der Waals surface area contributed by atoms with Gasteiger partial charge < -0.3 is 15.4 Å². The lowest BCUT2D eigenvalue weighted by molar-refractivity contribution is 0.240. The average molecular weight is 555 g/mol. The van der Waals surface area contributed by atoms with Crippen LogP contribution in [0.1, 0.15) is 89.4 Å². The number of rotatable bonds is 19. The summed E-state index contributed by atoms with van der Waals surface area (Å²) in [6.45, 7) is 6.63. The SMILES string of the molecule is CCCCCCNC(=O)NCCCCCOc1ccc(-c2ccc(-c3ccc(CCCCCC)s3)s2)cc1. The summed E-state index contributed by atoms with van der Waals surface area (Å²) >= 11 is 3.81. The number of carbonyl (C=O) groups is 1. The van der Waals surface area contributed by atoms with Crippen molar-refractivity contribution in [3.8, 4) is 25.9 Å². The molecule has 3 rings (SSSR count). The number of ether oxygens (including phenoxy) is 1. The van der Waals surface area contributed by atoms with E-state index in [1.54, 1.807) is 0 Å². The lowest BCUT2D eigenvalue weighted by atomic mass is 10.1. The highest BCUT2D eigenvalue weighted by molar-refractivity contribution is 7.23. The highest BCUT2D eigenvalue weighted by atomic mass is 32.1. The average Bonchev–Trinajstić information content (AvgIpc) is 3.61. The Morgan fingerprint density at radius 3 is 1.97 bits per heavy atom. The highest BCUT2D eigenvalue weighted by Crippen LogP contribution is 2.38. The summed E-state index contributed by atoms with van der Waals surface area (Å²) in [5, 5.41) is 5.87. The maximum Gasteiger partial charge on any atom is 0.314 e. The Morgan fingerprint density at radius 2 is 1.26 bits per heavy atom. The Kier molecular flexibility index (Phi) is 14.4. The van der Waals surface area contributed by atoms with Crippen LogP contribution in [0.15, 0.2) is 48.5 Å². The second kappa shape index (κ2) is 18.1. The summed E-state index contributed by atoms with van der Waals surface area (Å²) in [6, 6.07) is 17.5. The molecule has 0 atom stereocenters. The van der Waals surface area contributed by atoms with Gasteiger partial charge in [-0.05, 0) is 92.6 Å². The molecule has 4 nitrogen and oxygen atoms in total. The first-order valence-corrected chi connectivity index (χ1v) is 16.3. The molecule has 2 heterocycles. The molecule has 0 saturated carbocycles. The summed E-state index contributed by atoms with van der Waals surface area (Å²) in [7, 11) is 0. The van der Waals surface area contributed by atoms with Crippen LogP contribution in [0.2, 0.25) is 0 Å². The molecule has 6 heteroatoms. The lowest BCUT2D eigenvalue weighted by Crippen LogP contribution is -2.36. The van der Waals surface area contributed by atoms with Gasteiger partial charge in [-0.3, -0.25) is 0 Å². The van der Waals surface area contributed by atoms with E-state index in [1.165, 1.54) is 76.4 Å². The third kappa shape index (κ3) is 11.2. The zero-order valence-electron chi connectivity index (χ0n) is 23.4. The van der Waals surface area contributed by atoms with Crippen molar-refractivity contribution in [3.05, 3.63) is 53.4 Å². The van der Waals surface area contributed by atoms with Crippen molar-refractivity contribution in [1.82, 2.24) is 10.6 Å². The van der Waals surface area contributed by atoms with Crippen molar-refractivity contribution in [2.45, 2.75) is 90.9 Å². The lowest BCUT2D eigenvalue weighted by Gasteiger charge is -2.08. The van der Waals surface area contributed by atoms with Gasteiger partial charge in [0.1, 0.15) is 5.75 Å². The molecule has 0 spiro atoms. The van der Waals surface area contributed by atoms with Gasteiger partial charge >= 0.3 is 6.03 Å². The summed E-state index contributed by atoms with van der Waals surface area (Å²) in [4.78, 5) is 17.3. The number of aryl methyl sites for hydroxylation is 1. The van der Waals surface area contributed by atoms with Crippen LogP contribution in [0, 0.1) is 0 Å². The number of thiophene rings is 2. The number of hydrogen-bond acceptors (Lipinski definition) is 4. The minimum Gasteiger partial charge on any atom is -0.494 e. The number of nitrogens with one attached hydrogen (secondary N) is 2. The summed E-state index contributed by atoms with van der Waals surface area (Å²) in [5.41, 5.74) is 1.24. The van der Waals surface area contributed by atoms with Crippen LogP contribution < -0.4 is 15.4 Å². The molecule has 0 fully saturated rings. The molecule has 38 heavy (non-hydrogen) atoms. The van der Waals surface area contributed by atoms with Crippen LogP contribution in [-0.4, -0.2) is 25.7 Å². The first-order chi connectivity index (χ1) is 18.7. The van der Waals surface area contributed by atoms with Crippen molar-refractivity contribution in [3.63, 3.8) is 0 Å².